The van der Waals surface area contributed by atoms with Gasteiger partial charge in [0.1, 0.15) is 0 Å². The summed E-state index contributed by atoms with van der Waals surface area (Å²) < 4.78 is 29.2. The Morgan fingerprint density at radius 3 is 2.64 bits per heavy atom. The van der Waals surface area contributed by atoms with Crippen LogP contribution in [0, 0.1) is 0 Å². The number of aryl methyl sites for hydroxylation is 1. The molecular weight excluding hydrogens is 336 g/mol. The number of hydrogen-bond acceptors (Lipinski definition) is 4. The van der Waals surface area contributed by atoms with Crippen LogP contribution in [-0.2, 0) is 17.1 Å². The van der Waals surface area contributed by atoms with E-state index in [0.717, 1.165) is 19.5 Å². The van der Waals surface area contributed by atoms with Gasteiger partial charge in [0.2, 0.25) is 0 Å². The fourth-order valence-corrected chi connectivity index (χ4v) is 5.19. The number of hydrogen-bond donors (Lipinski definition) is 0. The fourth-order valence-electron chi connectivity index (χ4n) is 3.56. The highest BCUT2D eigenvalue weighted by molar-refractivity contribution is 7.89. The van der Waals surface area contributed by atoms with Gasteiger partial charge in [-0.2, -0.15) is 4.31 Å². The van der Waals surface area contributed by atoms with Crippen LogP contribution in [0.1, 0.15) is 31.9 Å². The van der Waals surface area contributed by atoms with Crippen LogP contribution < -0.4 is 0 Å². The lowest BCUT2D eigenvalue weighted by Gasteiger charge is -2.28. The van der Waals surface area contributed by atoms with Crippen LogP contribution in [0.4, 0.5) is 0 Å². The number of rotatable bonds is 6. The van der Waals surface area contributed by atoms with Crippen molar-refractivity contribution < 1.29 is 8.42 Å². The van der Waals surface area contributed by atoms with E-state index in [1.807, 2.05) is 25.1 Å². The van der Waals surface area contributed by atoms with Crippen molar-refractivity contribution in [3.8, 4) is 0 Å². The standard InChI is InChI=1S/C18H26N4O2S/c1-4-22(25(23,24)18-13-20(3)14-19-18)17-10-11-21(12-17)15(2)16-8-6-5-7-9-16/h5-9,13-15,17H,4,10-12H2,1-3H3. The molecule has 2 heterocycles. The third kappa shape index (κ3) is 3.63. The van der Waals surface area contributed by atoms with Gasteiger partial charge in [-0.25, -0.2) is 13.4 Å². The van der Waals surface area contributed by atoms with Crippen molar-refractivity contribution in [2.75, 3.05) is 19.6 Å². The van der Waals surface area contributed by atoms with Gasteiger partial charge in [-0.1, -0.05) is 37.3 Å². The molecule has 0 bridgehead atoms. The second-order valence-corrected chi connectivity index (χ2v) is 8.45. The molecule has 0 saturated carbocycles. The van der Waals surface area contributed by atoms with Gasteiger partial charge in [-0.3, -0.25) is 4.90 Å². The molecule has 1 aliphatic rings. The van der Waals surface area contributed by atoms with Gasteiger partial charge in [0.25, 0.3) is 10.0 Å². The monoisotopic (exact) mass is 362 g/mol. The molecule has 25 heavy (non-hydrogen) atoms. The van der Waals surface area contributed by atoms with Crippen molar-refractivity contribution in [1.82, 2.24) is 18.8 Å². The summed E-state index contributed by atoms with van der Waals surface area (Å²) in [4.78, 5) is 6.41. The highest BCUT2D eigenvalue weighted by Gasteiger charge is 2.37. The number of likely N-dealkylation sites (tertiary alicyclic amines) is 1. The first kappa shape index (κ1) is 18.1. The number of nitrogens with zero attached hydrogens (tertiary/aromatic N) is 4. The molecule has 2 atom stereocenters. The Balaban J connectivity index is 1.75. The van der Waals surface area contributed by atoms with E-state index in [1.165, 1.54) is 11.9 Å². The predicted molar refractivity (Wildman–Crippen MR) is 97.6 cm³/mol. The van der Waals surface area contributed by atoms with E-state index in [1.54, 1.807) is 22.1 Å². The molecule has 2 aromatic rings. The molecule has 1 aliphatic heterocycles. The first-order valence-electron chi connectivity index (χ1n) is 8.72. The van der Waals surface area contributed by atoms with Crippen molar-refractivity contribution in [1.29, 1.82) is 0 Å². The van der Waals surface area contributed by atoms with Crippen LogP contribution in [-0.4, -0.2) is 52.9 Å². The number of aromatic nitrogens is 2. The van der Waals surface area contributed by atoms with E-state index < -0.39 is 10.0 Å². The number of imidazole rings is 1. The van der Waals surface area contributed by atoms with Gasteiger partial charge < -0.3 is 4.57 Å². The fraction of sp³-hybridized carbons (Fsp3) is 0.500. The van der Waals surface area contributed by atoms with E-state index in [0.29, 0.717) is 6.54 Å². The summed E-state index contributed by atoms with van der Waals surface area (Å²) in [6.07, 6.45) is 3.94. The molecule has 6 nitrogen and oxygen atoms in total. The molecule has 3 rings (SSSR count). The summed E-state index contributed by atoms with van der Waals surface area (Å²) in [5.41, 5.74) is 1.26. The van der Waals surface area contributed by atoms with Crippen molar-refractivity contribution in [2.45, 2.75) is 37.4 Å². The Morgan fingerprint density at radius 1 is 1.32 bits per heavy atom. The molecule has 0 radical (unpaired) electrons. The van der Waals surface area contributed by atoms with Gasteiger partial charge in [0, 0.05) is 45.0 Å². The lowest BCUT2D eigenvalue weighted by Crippen LogP contribution is -2.42. The second-order valence-electron chi connectivity index (χ2n) is 6.61. The Kier molecular flexibility index (Phi) is 5.27. The molecule has 1 saturated heterocycles. The summed E-state index contributed by atoms with van der Waals surface area (Å²) in [5.74, 6) is 0. The van der Waals surface area contributed by atoms with Crippen LogP contribution in [0.5, 0.6) is 0 Å². The summed E-state index contributed by atoms with van der Waals surface area (Å²) >= 11 is 0. The summed E-state index contributed by atoms with van der Waals surface area (Å²) in [6.45, 7) is 6.17. The van der Waals surface area contributed by atoms with Crippen LogP contribution >= 0.6 is 0 Å². The topological polar surface area (TPSA) is 58.4 Å². The Morgan fingerprint density at radius 2 is 2.04 bits per heavy atom. The zero-order chi connectivity index (χ0) is 18.0. The molecule has 0 aliphatic carbocycles. The lowest BCUT2D eigenvalue weighted by atomic mass is 10.1. The number of sulfonamides is 1. The van der Waals surface area contributed by atoms with E-state index >= 15 is 0 Å². The SMILES string of the molecule is CCN(C1CCN(C(C)c2ccccc2)C1)S(=O)(=O)c1cn(C)cn1. The molecular formula is C18H26N4O2S. The first-order valence-corrected chi connectivity index (χ1v) is 10.2. The summed E-state index contributed by atoms with van der Waals surface area (Å²) in [6, 6.07) is 10.6. The van der Waals surface area contributed by atoms with Gasteiger partial charge in [0.05, 0.1) is 6.33 Å². The Labute approximate surface area is 150 Å². The van der Waals surface area contributed by atoms with Gasteiger partial charge in [0.15, 0.2) is 5.03 Å². The van der Waals surface area contributed by atoms with Crippen LogP contribution in [0.3, 0.4) is 0 Å². The summed E-state index contributed by atoms with van der Waals surface area (Å²) in [5, 5.41) is 0.131. The second kappa shape index (κ2) is 7.27. The molecule has 2 unspecified atom stereocenters. The Bertz CT molecular complexity index is 803. The van der Waals surface area contributed by atoms with E-state index in [-0.39, 0.29) is 17.1 Å². The molecule has 1 aromatic heterocycles. The largest absolute Gasteiger partial charge is 0.339 e. The quantitative estimate of drug-likeness (QED) is 0.791. The van der Waals surface area contributed by atoms with Crippen LogP contribution in [0.15, 0.2) is 47.9 Å². The molecule has 1 fully saturated rings. The summed E-state index contributed by atoms with van der Waals surface area (Å²) in [7, 11) is -1.77. The maximum absolute atomic E-state index is 12.9. The molecule has 1 aromatic carbocycles. The molecule has 0 N–H and O–H groups in total. The van der Waals surface area contributed by atoms with Gasteiger partial charge in [-0.05, 0) is 18.9 Å². The smallest absolute Gasteiger partial charge is 0.262 e. The van der Waals surface area contributed by atoms with Crippen molar-refractivity contribution in [3.05, 3.63) is 48.4 Å². The van der Waals surface area contributed by atoms with Crippen molar-refractivity contribution in [3.63, 3.8) is 0 Å². The minimum atomic E-state index is -3.55. The van der Waals surface area contributed by atoms with Crippen molar-refractivity contribution in [2.24, 2.45) is 7.05 Å². The normalized spacial score (nSPS) is 20.2. The number of likely N-dealkylation sites (N-methyl/N-ethyl adjacent to an activating group) is 1. The Hall–Kier alpha value is -1.70. The highest BCUT2D eigenvalue weighted by atomic mass is 32.2. The van der Waals surface area contributed by atoms with Crippen LogP contribution in [0.2, 0.25) is 0 Å². The average Bonchev–Trinajstić information content (AvgIpc) is 3.25. The molecule has 7 heteroatoms. The zero-order valence-electron chi connectivity index (χ0n) is 15.0. The maximum Gasteiger partial charge on any atom is 0.262 e. The highest BCUT2D eigenvalue weighted by Crippen LogP contribution is 2.28. The van der Waals surface area contributed by atoms with Crippen LogP contribution in [0.25, 0.3) is 0 Å². The third-order valence-electron chi connectivity index (χ3n) is 5.00. The third-order valence-corrected chi connectivity index (χ3v) is 6.91. The average molecular weight is 362 g/mol. The molecule has 136 valence electrons. The lowest BCUT2D eigenvalue weighted by molar-refractivity contribution is 0.239. The van der Waals surface area contributed by atoms with E-state index in [4.69, 9.17) is 0 Å². The minimum Gasteiger partial charge on any atom is -0.339 e. The zero-order valence-corrected chi connectivity index (χ0v) is 15.9. The van der Waals surface area contributed by atoms with E-state index in [2.05, 4.69) is 28.9 Å². The molecule has 0 spiro atoms. The number of benzene rings is 1. The van der Waals surface area contributed by atoms with E-state index in [9.17, 15) is 8.42 Å². The first-order chi connectivity index (χ1) is 11.9. The predicted octanol–water partition coefficient (Wildman–Crippen LogP) is 2.27. The van der Waals surface area contributed by atoms with Crippen molar-refractivity contribution >= 4 is 10.0 Å². The molecule has 0 amide bonds. The van der Waals surface area contributed by atoms with Gasteiger partial charge in [-0.15, -0.1) is 0 Å². The minimum absolute atomic E-state index is 0.0110. The maximum atomic E-state index is 12.9. The van der Waals surface area contributed by atoms with Gasteiger partial charge >= 0.3 is 0 Å².